The van der Waals surface area contributed by atoms with Crippen molar-refractivity contribution in [1.82, 2.24) is 9.99 Å². The van der Waals surface area contributed by atoms with Crippen molar-refractivity contribution in [1.29, 1.82) is 0 Å². The summed E-state index contributed by atoms with van der Waals surface area (Å²) in [6, 6.07) is 16.7. The number of ether oxygens (including phenoxy) is 3. The number of benzene rings is 3. The van der Waals surface area contributed by atoms with Crippen LogP contribution in [0, 0.1) is 19.7 Å². The maximum Gasteiger partial charge on any atom is 0.265 e. The Morgan fingerprint density at radius 3 is 2.33 bits per heavy atom. The zero-order valence-corrected chi connectivity index (χ0v) is 25.7. The molecule has 0 fully saturated rings. The Balaban J connectivity index is 1.65. The van der Waals surface area contributed by atoms with Crippen LogP contribution in [-0.2, 0) is 14.8 Å². The fourth-order valence-corrected chi connectivity index (χ4v) is 6.13. The summed E-state index contributed by atoms with van der Waals surface area (Å²) in [7, 11) is -0.190. The number of hydrogen-bond acceptors (Lipinski definition) is 7. The SMILES string of the molecule is COc1ccc(S(=O)(=O)N(CC(=O)N/N=C\c2cc(C)n(-c3ccccc3F)c2C)c2cc(Cl)ccc2OC)cc1OC. The molecule has 43 heavy (non-hydrogen) atoms. The molecule has 1 amide bonds. The molecule has 4 aromatic rings. The number of methoxy groups -OCH3 is 3. The molecular formula is C30H30ClFN4O6S. The van der Waals surface area contributed by atoms with E-state index in [1.165, 1.54) is 70.0 Å². The Bertz CT molecular complexity index is 1790. The van der Waals surface area contributed by atoms with Gasteiger partial charge in [0.1, 0.15) is 18.1 Å². The monoisotopic (exact) mass is 628 g/mol. The van der Waals surface area contributed by atoms with Crippen LogP contribution >= 0.6 is 11.6 Å². The van der Waals surface area contributed by atoms with E-state index in [2.05, 4.69) is 10.5 Å². The van der Waals surface area contributed by atoms with E-state index >= 15 is 0 Å². The van der Waals surface area contributed by atoms with E-state index in [9.17, 15) is 17.6 Å². The van der Waals surface area contributed by atoms with Crippen molar-refractivity contribution in [2.45, 2.75) is 18.7 Å². The third-order valence-corrected chi connectivity index (χ3v) is 8.59. The molecule has 0 spiro atoms. The van der Waals surface area contributed by atoms with Crippen LogP contribution in [-0.4, -0.2) is 53.0 Å². The van der Waals surface area contributed by atoms with Gasteiger partial charge in [0.25, 0.3) is 15.9 Å². The van der Waals surface area contributed by atoms with Crippen molar-refractivity contribution >= 4 is 39.4 Å². The molecule has 0 aliphatic carbocycles. The number of aromatic nitrogens is 1. The number of nitrogens with zero attached hydrogens (tertiary/aromatic N) is 3. The summed E-state index contributed by atoms with van der Waals surface area (Å²) in [5.74, 6) is -0.442. The molecule has 0 atom stereocenters. The number of aryl methyl sites for hydroxylation is 1. The number of rotatable bonds is 11. The van der Waals surface area contributed by atoms with Gasteiger partial charge in [-0.3, -0.25) is 9.10 Å². The summed E-state index contributed by atoms with van der Waals surface area (Å²) in [6.45, 7) is 2.95. The lowest BCUT2D eigenvalue weighted by atomic mass is 10.2. The van der Waals surface area contributed by atoms with E-state index in [0.717, 1.165) is 10.00 Å². The standard InChI is InChI=1S/C30H30ClFN4O6S/c1-19-14-21(20(2)36(19)25-9-7-6-8-24(25)32)17-33-34-30(37)18-35(26-15-22(31)10-12-27(26)40-3)43(38,39)23-11-13-28(41-4)29(16-23)42-5/h6-17H,18H2,1-5H3,(H,34,37)/b33-17-. The van der Waals surface area contributed by atoms with Gasteiger partial charge in [0.15, 0.2) is 11.5 Å². The molecule has 13 heteroatoms. The summed E-state index contributed by atoms with van der Waals surface area (Å²) in [6.07, 6.45) is 1.41. The molecule has 3 aromatic carbocycles. The average Bonchev–Trinajstić information content (AvgIpc) is 3.27. The Labute approximate surface area is 254 Å². The summed E-state index contributed by atoms with van der Waals surface area (Å²) in [5, 5.41) is 4.27. The molecule has 1 aromatic heterocycles. The third-order valence-electron chi connectivity index (χ3n) is 6.60. The van der Waals surface area contributed by atoms with Gasteiger partial charge >= 0.3 is 0 Å². The molecule has 226 valence electrons. The molecule has 0 aliphatic rings. The number of halogens is 2. The zero-order chi connectivity index (χ0) is 31.3. The average molecular weight is 629 g/mol. The van der Waals surface area contributed by atoms with Crippen molar-refractivity contribution in [2.24, 2.45) is 5.10 Å². The van der Waals surface area contributed by atoms with Crippen molar-refractivity contribution in [3.8, 4) is 22.9 Å². The van der Waals surface area contributed by atoms with E-state index in [-0.39, 0.29) is 32.9 Å². The molecule has 10 nitrogen and oxygen atoms in total. The van der Waals surface area contributed by atoms with Crippen LogP contribution in [0.5, 0.6) is 17.2 Å². The maximum atomic E-state index is 14.4. The largest absolute Gasteiger partial charge is 0.495 e. The van der Waals surface area contributed by atoms with Crippen LogP contribution < -0.4 is 23.9 Å². The molecule has 0 bridgehead atoms. The minimum absolute atomic E-state index is 0.0392. The van der Waals surface area contributed by atoms with Crippen molar-refractivity contribution in [2.75, 3.05) is 32.2 Å². The molecule has 0 unspecified atom stereocenters. The fourth-order valence-electron chi connectivity index (χ4n) is 4.52. The van der Waals surface area contributed by atoms with E-state index in [1.807, 2.05) is 6.92 Å². The molecular weight excluding hydrogens is 599 g/mol. The number of anilines is 1. The Morgan fingerprint density at radius 2 is 1.65 bits per heavy atom. The second kappa shape index (κ2) is 13.2. The second-order valence-electron chi connectivity index (χ2n) is 9.25. The number of nitrogens with one attached hydrogen (secondary N) is 1. The highest BCUT2D eigenvalue weighted by Gasteiger charge is 2.30. The smallest absolute Gasteiger partial charge is 0.265 e. The van der Waals surface area contributed by atoms with Gasteiger partial charge in [0, 0.05) is 28.0 Å². The van der Waals surface area contributed by atoms with Gasteiger partial charge in [-0.15, -0.1) is 0 Å². The predicted molar refractivity (Wildman–Crippen MR) is 163 cm³/mol. The molecule has 0 radical (unpaired) electrons. The minimum Gasteiger partial charge on any atom is -0.495 e. The van der Waals surface area contributed by atoms with Gasteiger partial charge in [-0.1, -0.05) is 23.7 Å². The minimum atomic E-state index is -4.37. The van der Waals surface area contributed by atoms with E-state index in [1.54, 1.807) is 35.8 Å². The Hall–Kier alpha value is -4.55. The highest BCUT2D eigenvalue weighted by molar-refractivity contribution is 7.92. The lowest BCUT2D eigenvalue weighted by Gasteiger charge is -2.25. The lowest BCUT2D eigenvalue weighted by molar-refractivity contribution is -0.119. The third kappa shape index (κ3) is 6.60. The highest BCUT2D eigenvalue weighted by Crippen LogP contribution is 2.37. The van der Waals surface area contributed by atoms with Gasteiger partial charge in [0.2, 0.25) is 0 Å². The van der Waals surface area contributed by atoms with Gasteiger partial charge in [-0.2, -0.15) is 5.10 Å². The quantitative estimate of drug-likeness (QED) is 0.179. The van der Waals surface area contributed by atoms with Crippen molar-refractivity contribution in [3.63, 3.8) is 0 Å². The number of carbonyl (C=O) groups excluding carboxylic acids is 1. The first kappa shape index (κ1) is 31.4. The van der Waals surface area contributed by atoms with E-state index < -0.39 is 22.5 Å². The number of amides is 1. The van der Waals surface area contributed by atoms with Gasteiger partial charge in [-0.05, 0) is 62.4 Å². The van der Waals surface area contributed by atoms with Crippen LogP contribution in [0.15, 0.2) is 76.7 Å². The van der Waals surface area contributed by atoms with E-state index in [0.29, 0.717) is 22.7 Å². The van der Waals surface area contributed by atoms with Crippen molar-refractivity contribution < 1.29 is 31.8 Å². The number of sulfonamides is 1. The summed E-state index contributed by atoms with van der Waals surface area (Å²) < 4.78 is 60.8. The van der Waals surface area contributed by atoms with Crippen LogP contribution in [0.25, 0.3) is 5.69 Å². The number of hydrogen-bond donors (Lipinski definition) is 1. The van der Waals surface area contributed by atoms with Crippen LogP contribution in [0.4, 0.5) is 10.1 Å². The van der Waals surface area contributed by atoms with E-state index in [4.69, 9.17) is 25.8 Å². The molecule has 1 N–H and O–H groups in total. The lowest BCUT2D eigenvalue weighted by Crippen LogP contribution is -2.39. The normalized spacial score (nSPS) is 11.4. The number of para-hydroxylation sites is 1. The van der Waals surface area contributed by atoms with Crippen LogP contribution in [0.3, 0.4) is 0 Å². The van der Waals surface area contributed by atoms with Crippen LogP contribution in [0.1, 0.15) is 17.0 Å². The molecule has 0 saturated heterocycles. The molecule has 0 saturated carbocycles. The second-order valence-corrected chi connectivity index (χ2v) is 11.5. The topological polar surface area (TPSA) is 111 Å². The Kier molecular flexibility index (Phi) is 9.62. The van der Waals surface area contributed by atoms with Gasteiger partial charge in [-0.25, -0.2) is 18.2 Å². The molecule has 0 aliphatic heterocycles. The molecule has 1 heterocycles. The number of hydrazone groups is 1. The first-order valence-corrected chi connectivity index (χ1v) is 14.7. The van der Waals surface area contributed by atoms with Gasteiger partial charge < -0.3 is 18.8 Å². The van der Waals surface area contributed by atoms with Crippen LogP contribution in [0.2, 0.25) is 5.02 Å². The number of carbonyl (C=O) groups is 1. The fraction of sp³-hybridized carbons (Fsp3) is 0.200. The first-order valence-electron chi connectivity index (χ1n) is 12.9. The highest BCUT2D eigenvalue weighted by atomic mass is 35.5. The maximum absolute atomic E-state index is 14.4. The Morgan fingerprint density at radius 1 is 0.977 bits per heavy atom. The molecule has 4 rings (SSSR count). The summed E-state index contributed by atoms with van der Waals surface area (Å²) in [5.41, 5.74) is 4.89. The summed E-state index contributed by atoms with van der Waals surface area (Å²) >= 11 is 6.21. The predicted octanol–water partition coefficient (Wildman–Crippen LogP) is 5.26. The zero-order valence-electron chi connectivity index (χ0n) is 24.1. The van der Waals surface area contributed by atoms with Gasteiger partial charge in [0.05, 0.1) is 43.8 Å². The first-order chi connectivity index (χ1) is 20.5. The summed E-state index contributed by atoms with van der Waals surface area (Å²) in [4.78, 5) is 13.0. The van der Waals surface area contributed by atoms with Crippen molar-refractivity contribution in [3.05, 3.63) is 94.5 Å².